The van der Waals surface area contributed by atoms with Gasteiger partial charge in [-0.05, 0) is 73.9 Å². The van der Waals surface area contributed by atoms with Crippen molar-refractivity contribution in [3.8, 4) is 5.75 Å². The van der Waals surface area contributed by atoms with Crippen molar-refractivity contribution in [3.05, 3.63) is 65.0 Å². The SMILES string of the molecule is CC.CC.CC(C)C.CCF.CCOc1ccc(CC)cc1CC.CCc1cccc(F)c1. The number of hydrogen-bond acceptors (Lipinski definition) is 1. The molecule has 0 aliphatic heterocycles. The van der Waals surface area contributed by atoms with Gasteiger partial charge in [0.1, 0.15) is 11.6 Å². The van der Waals surface area contributed by atoms with Crippen molar-refractivity contribution in [1.29, 1.82) is 0 Å². The number of halogens is 2. The highest BCUT2D eigenvalue weighted by Gasteiger charge is 2.01. The summed E-state index contributed by atoms with van der Waals surface area (Å²) in [6.45, 7) is 24.8. The maximum absolute atomic E-state index is 12.4. The largest absolute Gasteiger partial charge is 0.494 e. The molecule has 0 aliphatic rings. The molecule has 2 rings (SSSR count). The van der Waals surface area contributed by atoms with Crippen LogP contribution in [0.5, 0.6) is 5.75 Å². The Morgan fingerprint density at radius 2 is 1.18 bits per heavy atom. The van der Waals surface area contributed by atoms with E-state index in [1.165, 1.54) is 24.1 Å². The van der Waals surface area contributed by atoms with Crippen LogP contribution in [-0.4, -0.2) is 13.3 Å². The highest BCUT2D eigenvalue weighted by atomic mass is 19.1. The van der Waals surface area contributed by atoms with Gasteiger partial charge in [0.25, 0.3) is 0 Å². The second-order valence-electron chi connectivity index (χ2n) is 7.06. The highest BCUT2D eigenvalue weighted by Crippen LogP contribution is 2.20. The van der Waals surface area contributed by atoms with E-state index in [1.807, 2.05) is 47.6 Å². The Morgan fingerprint density at radius 3 is 1.52 bits per heavy atom. The van der Waals surface area contributed by atoms with Crippen LogP contribution in [0.15, 0.2) is 42.5 Å². The summed E-state index contributed by atoms with van der Waals surface area (Å²) in [5.74, 6) is 1.73. The Kier molecular flexibility index (Phi) is 35.0. The van der Waals surface area contributed by atoms with Crippen molar-refractivity contribution in [3.63, 3.8) is 0 Å². The molecule has 194 valence electrons. The van der Waals surface area contributed by atoms with E-state index in [0.29, 0.717) is 0 Å². The fourth-order valence-corrected chi connectivity index (χ4v) is 2.18. The number of rotatable bonds is 5. The van der Waals surface area contributed by atoms with E-state index in [-0.39, 0.29) is 12.5 Å². The van der Waals surface area contributed by atoms with Crippen molar-refractivity contribution >= 4 is 0 Å². The molecule has 0 N–H and O–H groups in total. The van der Waals surface area contributed by atoms with E-state index in [4.69, 9.17) is 4.74 Å². The smallest absolute Gasteiger partial charge is 0.123 e. The van der Waals surface area contributed by atoms with Crippen molar-refractivity contribution in [2.75, 3.05) is 13.3 Å². The predicted molar refractivity (Wildman–Crippen MR) is 147 cm³/mol. The van der Waals surface area contributed by atoms with E-state index < -0.39 is 0 Å². The van der Waals surface area contributed by atoms with E-state index >= 15 is 0 Å². The van der Waals surface area contributed by atoms with E-state index in [1.54, 1.807) is 12.1 Å². The van der Waals surface area contributed by atoms with Crippen LogP contribution < -0.4 is 4.74 Å². The minimum atomic E-state index is -0.250. The fourth-order valence-electron chi connectivity index (χ4n) is 2.18. The van der Waals surface area contributed by atoms with Crippen molar-refractivity contribution in [2.45, 2.75) is 102 Å². The molecule has 0 atom stereocenters. The van der Waals surface area contributed by atoms with Gasteiger partial charge in [-0.2, -0.15) is 0 Å². The molecular weight excluding hydrogens is 414 g/mol. The van der Waals surface area contributed by atoms with Crippen LogP contribution in [0.3, 0.4) is 0 Å². The van der Waals surface area contributed by atoms with Gasteiger partial charge in [0.05, 0.1) is 13.3 Å². The second-order valence-corrected chi connectivity index (χ2v) is 7.06. The lowest BCUT2D eigenvalue weighted by atomic mass is 10.1. The Hall–Kier alpha value is -1.90. The summed E-state index contributed by atoms with van der Waals surface area (Å²) >= 11 is 0. The average Bonchev–Trinajstić information content (AvgIpc) is 2.82. The molecule has 0 bridgehead atoms. The lowest BCUT2D eigenvalue weighted by Gasteiger charge is -2.09. The maximum atomic E-state index is 12.4. The van der Waals surface area contributed by atoms with Gasteiger partial charge >= 0.3 is 0 Å². The molecule has 0 amide bonds. The zero-order valence-electron chi connectivity index (χ0n) is 23.8. The molecule has 0 aliphatic carbocycles. The van der Waals surface area contributed by atoms with Gasteiger partial charge in [-0.25, -0.2) is 4.39 Å². The summed E-state index contributed by atoms with van der Waals surface area (Å²) in [5.41, 5.74) is 3.76. The third kappa shape index (κ3) is 26.2. The van der Waals surface area contributed by atoms with E-state index in [9.17, 15) is 8.78 Å². The van der Waals surface area contributed by atoms with Crippen LogP contribution in [0, 0.1) is 11.7 Å². The molecule has 2 aromatic rings. The number of hydrogen-bond donors (Lipinski definition) is 0. The van der Waals surface area contributed by atoms with Crippen LogP contribution in [0.25, 0.3) is 0 Å². The van der Waals surface area contributed by atoms with Gasteiger partial charge in [-0.15, -0.1) is 0 Å². The summed E-state index contributed by atoms with van der Waals surface area (Å²) in [4.78, 5) is 0. The standard InChI is InChI=1S/C12H18O.C8H9F.C4H10.C2H5F.2C2H6/c1-4-10-7-8-12(13-6-3)11(5-2)9-10;1-2-7-4-3-5-8(9)6-7;1-4(2)3;1-2-3;2*1-2/h7-9H,4-6H2,1-3H3;3-6H,2H2,1H3;4H,1-3H3;2H2,1H3;2*1-2H3. The quantitative estimate of drug-likeness (QED) is 0.424. The first-order chi connectivity index (χ1) is 15.8. The maximum Gasteiger partial charge on any atom is 0.123 e. The Bertz CT molecular complexity index is 622. The van der Waals surface area contributed by atoms with Crippen LogP contribution in [0.2, 0.25) is 0 Å². The topological polar surface area (TPSA) is 9.23 Å². The van der Waals surface area contributed by atoms with Gasteiger partial charge < -0.3 is 4.74 Å². The van der Waals surface area contributed by atoms with E-state index in [0.717, 1.165) is 43.1 Å². The predicted octanol–water partition coefficient (Wildman–Crippen LogP) is 10.3. The average molecular weight is 469 g/mol. The summed E-state index contributed by atoms with van der Waals surface area (Å²) < 4.78 is 28.2. The Balaban J connectivity index is -0.000000183. The molecule has 0 radical (unpaired) electrons. The molecule has 3 heteroatoms. The van der Waals surface area contributed by atoms with E-state index in [2.05, 4.69) is 52.8 Å². The molecule has 0 spiro atoms. The van der Waals surface area contributed by atoms with Crippen LogP contribution in [-0.2, 0) is 19.3 Å². The number of aryl methyl sites for hydroxylation is 3. The first kappa shape index (κ1) is 38.4. The van der Waals surface area contributed by atoms with Crippen LogP contribution in [0.4, 0.5) is 8.78 Å². The Labute approximate surface area is 206 Å². The van der Waals surface area contributed by atoms with Gasteiger partial charge in [0, 0.05) is 0 Å². The molecule has 33 heavy (non-hydrogen) atoms. The third-order valence-corrected chi connectivity index (χ3v) is 3.51. The molecule has 0 saturated carbocycles. The minimum absolute atomic E-state index is 0.144. The van der Waals surface area contributed by atoms with Gasteiger partial charge in [0.2, 0.25) is 0 Å². The highest BCUT2D eigenvalue weighted by molar-refractivity contribution is 5.37. The summed E-state index contributed by atoms with van der Waals surface area (Å²) in [5, 5.41) is 0. The van der Waals surface area contributed by atoms with Crippen LogP contribution >= 0.6 is 0 Å². The fraction of sp³-hybridized carbons (Fsp3) is 0.600. The summed E-state index contributed by atoms with van der Waals surface area (Å²) in [6, 6.07) is 13.1. The van der Waals surface area contributed by atoms with Crippen molar-refractivity contribution in [1.82, 2.24) is 0 Å². The number of ether oxygens (including phenoxy) is 1. The lowest BCUT2D eigenvalue weighted by Crippen LogP contribution is -1.96. The van der Waals surface area contributed by atoms with Crippen molar-refractivity contribution < 1.29 is 13.5 Å². The first-order valence-electron chi connectivity index (χ1n) is 12.8. The first-order valence-corrected chi connectivity index (χ1v) is 12.8. The molecular formula is C30H54F2O. The number of alkyl halides is 1. The van der Waals surface area contributed by atoms with Gasteiger partial charge in [0.15, 0.2) is 0 Å². The summed E-state index contributed by atoms with van der Waals surface area (Å²) in [7, 11) is 0. The normalized spacial score (nSPS) is 8.58. The van der Waals surface area contributed by atoms with Gasteiger partial charge in [-0.1, -0.05) is 93.5 Å². The molecule has 1 nitrogen and oxygen atoms in total. The lowest BCUT2D eigenvalue weighted by molar-refractivity contribution is 0.336. The Morgan fingerprint density at radius 1 is 0.727 bits per heavy atom. The van der Waals surface area contributed by atoms with Crippen LogP contribution in [0.1, 0.15) is 99.8 Å². The van der Waals surface area contributed by atoms with Crippen molar-refractivity contribution in [2.24, 2.45) is 5.92 Å². The molecule has 0 aromatic heterocycles. The number of benzene rings is 2. The zero-order valence-corrected chi connectivity index (χ0v) is 23.8. The molecule has 2 aromatic carbocycles. The molecule has 0 unspecified atom stereocenters. The monoisotopic (exact) mass is 468 g/mol. The minimum Gasteiger partial charge on any atom is -0.494 e. The molecule has 0 fully saturated rings. The third-order valence-electron chi connectivity index (χ3n) is 3.51. The summed E-state index contributed by atoms with van der Waals surface area (Å²) in [6.07, 6.45) is 3.04. The zero-order chi connectivity index (χ0) is 26.7. The van der Waals surface area contributed by atoms with Gasteiger partial charge in [-0.3, -0.25) is 4.39 Å². The molecule has 0 saturated heterocycles. The second kappa shape index (κ2) is 30.1. The molecule has 0 heterocycles.